The van der Waals surface area contributed by atoms with Crippen LogP contribution in [0.1, 0.15) is 45.0 Å². The summed E-state index contributed by atoms with van der Waals surface area (Å²) in [5.74, 6) is -0.871. The average Bonchev–Trinajstić information content (AvgIpc) is 3.33. The number of benzene rings is 1. The average molecular weight is 488 g/mol. The van der Waals surface area contributed by atoms with Crippen LogP contribution in [0, 0.1) is 13.8 Å². The second-order valence-electron chi connectivity index (χ2n) is 7.10. The number of primary amides is 1. The lowest BCUT2D eigenvalue weighted by Gasteiger charge is -2.09. The van der Waals surface area contributed by atoms with Crippen molar-refractivity contribution in [2.45, 2.75) is 39.4 Å². The van der Waals surface area contributed by atoms with Gasteiger partial charge < -0.3 is 20.4 Å². The van der Waals surface area contributed by atoms with Crippen molar-refractivity contribution in [3.63, 3.8) is 0 Å². The topological polar surface area (TPSA) is 129 Å². The molecule has 11 heteroatoms. The molecule has 1 aromatic carbocycles. The van der Waals surface area contributed by atoms with Crippen molar-refractivity contribution >= 4 is 45.9 Å². The Morgan fingerprint density at radius 1 is 1.21 bits per heavy atom. The number of rotatable bonds is 9. The largest absolute Gasteiger partial charge is 0.462 e. The number of ether oxygens (including phenoxy) is 1. The van der Waals surface area contributed by atoms with E-state index >= 15 is 0 Å². The Labute approximate surface area is 199 Å². The Morgan fingerprint density at radius 2 is 1.97 bits per heavy atom. The van der Waals surface area contributed by atoms with Crippen LogP contribution in [0.4, 0.5) is 5.00 Å². The van der Waals surface area contributed by atoms with E-state index in [1.165, 1.54) is 11.8 Å². The van der Waals surface area contributed by atoms with Gasteiger partial charge in [0.25, 0.3) is 5.91 Å². The van der Waals surface area contributed by atoms with Gasteiger partial charge in [-0.2, -0.15) is 0 Å². The van der Waals surface area contributed by atoms with Gasteiger partial charge in [0.15, 0.2) is 11.0 Å². The third kappa shape index (κ3) is 5.42. The molecule has 0 aliphatic rings. The van der Waals surface area contributed by atoms with Gasteiger partial charge in [0.05, 0.1) is 22.8 Å². The number of amides is 2. The van der Waals surface area contributed by atoms with Crippen LogP contribution < -0.4 is 11.1 Å². The Kier molecular flexibility index (Phi) is 7.88. The molecular weight excluding hydrogens is 462 g/mol. The number of thiophene rings is 1. The van der Waals surface area contributed by atoms with E-state index in [1.807, 2.05) is 42.7 Å². The number of nitrogens with one attached hydrogen (secondary N) is 1. The molecule has 3 rings (SSSR count). The normalized spacial score (nSPS) is 10.8. The molecule has 0 aliphatic carbocycles. The van der Waals surface area contributed by atoms with E-state index in [4.69, 9.17) is 10.5 Å². The van der Waals surface area contributed by atoms with E-state index in [1.54, 1.807) is 13.8 Å². The highest BCUT2D eigenvalue weighted by atomic mass is 32.2. The fourth-order valence-corrected chi connectivity index (χ4v) is 5.12. The van der Waals surface area contributed by atoms with Crippen molar-refractivity contribution in [1.82, 2.24) is 14.8 Å². The minimum atomic E-state index is -0.669. The van der Waals surface area contributed by atoms with Crippen LogP contribution in [0.15, 0.2) is 29.4 Å². The lowest BCUT2D eigenvalue weighted by Crippen LogP contribution is -2.17. The van der Waals surface area contributed by atoms with Crippen molar-refractivity contribution < 1.29 is 19.1 Å². The second kappa shape index (κ2) is 10.6. The second-order valence-corrected chi connectivity index (χ2v) is 9.06. The predicted octanol–water partition coefficient (Wildman–Crippen LogP) is 3.65. The number of aromatic nitrogens is 3. The maximum absolute atomic E-state index is 12.7. The molecule has 0 aliphatic heterocycles. The number of carbonyl (C=O) groups is 3. The first-order valence-electron chi connectivity index (χ1n) is 10.3. The van der Waals surface area contributed by atoms with E-state index in [0.717, 1.165) is 28.3 Å². The van der Waals surface area contributed by atoms with Gasteiger partial charge in [-0.05, 0) is 39.3 Å². The number of esters is 1. The Hall–Kier alpha value is -3.18. The zero-order valence-electron chi connectivity index (χ0n) is 18.8. The van der Waals surface area contributed by atoms with Crippen LogP contribution in [-0.4, -0.2) is 44.9 Å². The zero-order chi connectivity index (χ0) is 24.1. The number of hydrogen-bond acceptors (Lipinski definition) is 8. The first-order valence-corrected chi connectivity index (χ1v) is 12.1. The van der Waals surface area contributed by atoms with Crippen molar-refractivity contribution in [2.75, 3.05) is 17.7 Å². The summed E-state index contributed by atoms with van der Waals surface area (Å²) >= 11 is 2.19. The van der Waals surface area contributed by atoms with E-state index < -0.39 is 11.9 Å². The van der Waals surface area contributed by atoms with Crippen LogP contribution in [0.5, 0.6) is 0 Å². The van der Waals surface area contributed by atoms with Crippen LogP contribution in [0.3, 0.4) is 0 Å². The lowest BCUT2D eigenvalue weighted by molar-refractivity contribution is -0.113. The smallest absolute Gasteiger partial charge is 0.341 e. The Bertz CT molecular complexity index is 1200. The van der Waals surface area contributed by atoms with Crippen molar-refractivity contribution in [1.29, 1.82) is 0 Å². The highest BCUT2D eigenvalue weighted by molar-refractivity contribution is 7.99. The van der Waals surface area contributed by atoms with Crippen LogP contribution in [0.2, 0.25) is 0 Å². The van der Waals surface area contributed by atoms with Gasteiger partial charge in [-0.15, -0.1) is 21.5 Å². The molecule has 0 spiro atoms. The van der Waals surface area contributed by atoms with E-state index in [0.29, 0.717) is 17.3 Å². The van der Waals surface area contributed by atoms with E-state index in [9.17, 15) is 14.4 Å². The van der Waals surface area contributed by atoms with Crippen molar-refractivity contribution in [3.8, 4) is 11.4 Å². The van der Waals surface area contributed by atoms with Crippen molar-refractivity contribution in [2.24, 2.45) is 5.73 Å². The monoisotopic (exact) mass is 487 g/mol. The van der Waals surface area contributed by atoms with Gasteiger partial charge in [0.1, 0.15) is 5.00 Å². The molecule has 0 radical (unpaired) electrons. The van der Waals surface area contributed by atoms with Gasteiger partial charge in [-0.25, -0.2) is 4.79 Å². The quantitative estimate of drug-likeness (QED) is 0.348. The molecular formula is C22H25N5O4S2. The summed E-state index contributed by atoms with van der Waals surface area (Å²) in [4.78, 5) is 37.0. The third-order valence-electron chi connectivity index (χ3n) is 4.74. The number of nitrogens with two attached hydrogens (primary N) is 1. The summed E-state index contributed by atoms with van der Waals surface area (Å²) in [6.45, 7) is 8.08. The fourth-order valence-electron chi connectivity index (χ4n) is 3.26. The third-order valence-corrected chi connectivity index (χ3v) is 6.93. The first-order chi connectivity index (χ1) is 15.8. The molecule has 0 fully saturated rings. The maximum atomic E-state index is 12.7. The Balaban J connectivity index is 1.77. The molecule has 0 saturated heterocycles. The molecule has 0 bridgehead atoms. The minimum absolute atomic E-state index is 0.0388. The molecule has 2 amide bonds. The van der Waals surface area contributed by atoms with E-state index in [2.05, 4.69) is 15.5 Å². The molecule has 0 unspecified atom stereocenters. The number of hydrogen-bond donors (Lipinski definition) is 2. The number of anilines is 1. The van der Waals surface area contributed by atoms with Crippen molar-refractivity contribution in [3.05, 3.63) is 45.8 Å². The van der Waals surface area contributed by atoms with E-state index in [-0.39, 0.29) is 33.7 Å². The summed E-state index contributed by atoms with van der Waals surface area (Å²) in [5, 5.41) is 12.1. The van der Waals surface area contributed by atoms with Crippen LogP contribution in [0.25, 0.3) is 11.4 Å². The molecule has 0 atom stereocenters. The maximum Gasteiger partial charge on any atom is 0.341 e. The number of carbonyl (C=O) groups excluding carboxylic acids is 3. The molecule has 174 valence electrons. The fraction of sp³-hybridized carbons (Fsp3) is 0.318. The molecule has 2 heterocycles. The first kappa shape index (κ1) is 24.5. The molecule has 3 aromatic rings. The zero-order valence-corrected chi connectivity index (χ0v) is 20.4. The number of nitrogens with zero attached hydrogens (tertiary/aromatic N) is 3. The number of thioether (sulfide) groups is 1. The Morgan fingerprint density at radius 3 is 2.61 bits per heavy atom. The molecule has 0 saturated carbocycles. The summed E-state index contributed by atoms with van der Waals surface area (Å²) in [6.07, 6.45) is 0. The van der Waals surface area contributed by atoms with Crippen LogP contribution in [-0.2, 0) is 16.1 Å². The predicted molar refractivity (Wildman–Crippen MR) is 129 cm³/mol. The summed E-state index contributed by atoms with van der Waals surface area (Å²) in [7, 11) is 0. The number of aryl methyl sites for hydroxylation is 1. The standard InChI is InChI=1S/C22H25N5O4S2/c1-5-27-19(14-9-7-8-12(3)10-14)25-26-22(27)32-11-15(28)24-20-16(21(30)31-6-2)13(4)17(33-20)18(23)29/h7-10H,5-6,11H2,1-4H3,(H2,23,29)(H,24,28). The van der Waals surface area contributed by atoms with Gasteiger partial charge >= 0.3 is 5.97 Å². The molecule has 33 heavy (non-hydrogen) atoms. The van der Waals surface area contributed by atoms with Gasteiger partial charge in [0.2, 0.25) is 5.91 Å². The SMILES string of the molecule is CCOC(=O)c1c(NC(=O)CSc2nnc(-c3cccc(C)c3)n2CC)sc(C(N)=O)c1C. The van der Waals surface area contributed by atoms with Gasteiger partial charge in [0, 0.05) is 12.1 Å². The van der Waals surface area contributed by atoms with Crippen LogP contribution >= 0.6 is 23.1 Å². The summed E-state index contributed by atoms with van der Waals surface area (Å²) in [6, 6.07) is 7.97. The van der Waals surface area contributed by atoms with Gasteiger partial charge in [-0.1, -0.05) is 35.5 Å². The molecule has 2 aromatic heterocycles. The van der Waals surface area contributed by atoms with Gasteiger partial charge in [-0.3, -0.25) is 9.59 Å². The summed E-state index contributed by atoms with van der Waals surface area (Å²) < 4.78 is 7.02. The summed E-state index contributed by atoms with van der Waals surface area (Å²) in [5.41, 5.74) is 8.02. The highest BCUT2D eigenvalue weighted by Gasteiger charge is 2.26. The lowest BCUT2D eigenvalue weighted by atomic mass is 10.1. The molecule has 9 nitrogen and oxygen atoms in total. The minimum Gasteiger partial charge on any atom is -0.462 e. The highest BCUT2D eigenvalue weighted by Crippen LogP contribution is 2.34. The molecule has 3 N–H and O–H groups in total.